The van der Waals surface area contributed by atoms with Gasteiger partial charge in [-0.15, -0.1) is 10.2 Å². The van der Waals surface area contributed by atoms with Crippen LogP contribution in [0.2, 0.25) is 0 Å². The van der Waals surface area contributed by atoms with Crippen molar-refractivity contribution in [2.75, 3.05) is 6.54 Å². The van der Waals surface area contributed by atoms with Crippen LogP contribution in [-0.2, 0) is 6.54 Å². The van der Waals surface area contributed by atoms with Crippen molar-refractivity contribution in [3.05, 3.63) is 11.6 Å². The van der Waals surface area contributed by atoms with Crippen molar-refractivity contribution in [3.63, 3.8) is 0 Å². The van der Waals surface area contributed by atoms with E-state index < -0.39 is 0 Å². The average Bonchev–Trinajstić information content (AvgIpc) is 2.83. The van der Waals surface area contributed by atoms with Gasteiger partial charge in [-0.05, 0) is 24.7 Å². The fraction of sp³-hybridized carbons (Fsp3) is 0.875. The van der Waals surface area contributed by atoms with E-state index in [2.05, 4.69) is 40.9 Å². The second-order valence-electron chi connectivity index (χ2n) is 7.15. The summed E-state index contributed by atoms with van der Waals surface area (Å²) in [5.74, 6) is 3.01. The lowest BCUT2D eigenvalue weighted by Gasteiger charge is -2.38. The average molecular weight is 276 g/mol. The lowest BCUT2D eigenvalue weighted by Crippen LogP contribution is -2.36. The summed E-state index contributed by atoms with van der Waals surface area (Å²) in [5, 5.41) is 12.8. The molecule has 112 valence electrons. The zero-order valence-electron chi connectivity index (χ0n) is 13.2. The molecule has 0 amide bonds. The molecule has 0 aromatic carbocycles. The van der Waals surface area contributed by atoms with Crippen LogP contribution in [0, 0.1) is 5.41 Å². The molecule has 1 saturated carbocycles. The van der Waals surface area contributed by atoms with Crippen LogP contribution in [0.3, 0.4) is 0 Å². The minimum Gasteiger partial charge on any atom is -0.312 e. The first-order chi connectivity index (χ1) is 9.63. The van der Waals surface area contributed by atoms with E-state index in [0.29, 0.717) is 17.4 Å². The van der Waals surface area contributed by atoms with E-state index in [1.54, 1.807) is 0 Å². The van der Waals surface area contributed by atoms with Crippen molar-refractivity contribution in [3.8, 4) is 0 Å². The number of hydrogen-bond acceptors (Lipinski definition) is 3. The third-order valence-electron chi connectivity index (χ3n) is 5.24. The van der Waals surface area contributed by atoms with Crippen molar-refractivity contribution in [2.24, 2.45) is 5.41 Å². The normalized spacial score (nSPS) is 29.1. The van der Waals surface area contributed by atoms with E-state index in [1.807, 2.05) is 0 Å². The predicted molar refractivity (Wildman–Crippen MR) is 80.7 cm³/mol. The van der Waals surface area contributed by atoms with Crippen molar-refractivity contribution < 1.29 is 0 Å². The van der Waals surface area contributed by atoms with Crippen LogP contribution in [0.15, 0.2) is 0 Å². The maximum atomic E-state index is 4.62. The number of aromatic nitrogens is 3. The second kappa shape index (κ2) is 5.47. The molecule has 0 bridgehead atoms. The summed E-state index contributed by atoms with van der Waals surface area (Å²) in [6.07, 6.45) is 7.64. The summed E-state index contributed by atoms with van der Waals surface area (Å²) in [4.78, 5) is 0. The van der Waals surface area contributed by atoms with E-state index in [9.17, 15) is 0 Å². The molecule has 1 fully saturated rings. The molecule has 1 N–H and O–H groups in total. The molecule has 4 nitrogen and oxygen atoms in total. The third-order valence-corrected chi connectivity index (χ3v) is 5.24. The fourth-order valence-corrected chi connectivity index (χ4v) is 4.01. The van der Waals surface area contributed by atoms with Crippen LogP contribution in [0.4, 0.5) is 0 Å². The zero-order chi connectivity index (χ0) is 14.2. The highest BCUT2D eigenvalue weighted by atomic mass is 15.3. The summed E-state index contributed by atoms with van der Waals surface area (Å²) >= 11 is 0. The van der Waals surface area contributed by atoms with E-state index in [4.69, 9.17) is 0 Å². The number of nitrogens with one attached hydrogen (secondary N) is 1. The molecule has 0 radical (unpaired) electrons. The van der Waals surface area contributed by atoms with E-state index >= 15 is 0 Å². The van der Waals surface area contributed by atoms with E-state index in [0.717, 1.165) is 19.5 Å². The van der Waals surface area contributed by atoms with Gasteiger partial charge in [-0.1, -0.05) is 40.0 Å². The highest BCUT2D eigenvalue weighted by Crippen LogP contribution is 2.46. The molecule has 3 rings (SSSR count). The SMILES string of the molecule is CCCC1NCCn2c1nnc2C1CCCCC1(C)C. The van der Waals surface area contributed by atoms with Crippen LogP contribution < -0.4 is 5.32 Å². The van der Waals surface area contributed by atoms with Crippen molar-refractivity contribution in [1.29, 1.82) is 0 Å². The standard InChI is InChI=1S/C16H28N4/c1-4-7-13-15-19-18-14(20(15)11-10-17-13)12-8-5-6-9-16(12,2)3/h12-13,17H,4-11H2,1-3H3. The molecule has 20 heavy (non-hydrogen) atoms. The minimum absolute atomic E-state index is 0.368. The lowest BCUT2D eigenvalue weighted by atomic mass is 9.68. The maximum Gasteiger partial charge on any atom is 0.150 e. The van der Waals surface area contributed by atoms with Gasteiger partial charge in [0, 0.05) is 19.0 Å². The van der Waals surface area contributed by atoms with Gasteiger partial charge >= 0.3 is 0 Å². The molecule has 1 aromatic rings. The summed E-state index contributed by atoms with van der Waals surface area (Å²) in [6, 6.07) is 0.404. The topological polar surface area (TPSA) is 42.7 Å². The summed E-state index contributed by atoms with van der Waals surface area (Å²) in [7, 11) is 0. The Balaban J connectivity index is 1.92. The molecular formula is C16H28N4. The number of nitrogens with zero attached hydrogens (tertiary/aromatic N) is 3. The van der Waals surface area contributed by atoms with Crippen LogP contribution >= 0.6 is 0 Å². The van der Waals surface area contributed by atoms with Gasteiger partial charge in [0.1, 0.15) is 11.6 Å². The van der Waals surface area contributed by atoms with Crippen LogP contribution in [0.25, 0.3) is 0 Å². The smallest absolute Gasteiger partial charge is 0.150 e. The van der Waals surface area contributed by atoms with Gasteiger partial charge < -0.3 is 9.88 Å². The highest BCUT2D eigenvalue weighted by Gasteiger charge is 2.38. The zero-order valence-corrected chi connectivity index (χ0v) is 13.2. The lowest BCUT2D eigenvalue weighted by molar-refractivity contribution is 0.186. The van der Waals surface area contributed by atoms with Gasteiger partial charge in [-0.2, -0.15) is 0 Å². The quantitative estimate of drug-likeness (QED) is 0.920. The van der Waals surface area contributed by atoms with Crippen LogP contribution in [0.1, 0.15) is 82.9 Å². The predicted octanol–water partition coefficient (Wildman–Crippen LogP) is 3.41. The summed E-state index contributed by atoms with van der Waals surface area (Å²) in [5.41, 5.74) is 0.368. The molecule has 2 heterocycles. The van der Waals surface area contributed by atoms with Gasteiger partial charge in [0.2, 0.25) is 0 Å². The second-order valence-corrected chi connectivity index (χ2v) is 7.15. The first-order valence-electron chi connectivity index (χ1n) is 8.30. The first-order valence-corrected chi connectivity index (χ1v) is 8.30. The molecule has 2 aliphatic rings. The van der Waals surface area contributed by atoms with Crippen molar-refractivity contribution in [1.82, 2.24) is 20.1 Å². The number of fused-ring (bicyclic) bond motifs is 1. The Labute approximate surface area is 122 Å². The Morgan fingerprint density at radius 1 is 1.25 bits per heavy atom. The molecule has 2 unspecified atom stereocenters. The molecule has 0 spiro atoms. The Bertz CT molecular complexity index is 463. The van der Waals surface area contributed by atoms with Crippen LogP contribution in [0.5, 0.6) is 0 Å². The van der Waals surface area contributed by atoms with Gasteiger partial charge in [-0.3, -0.25) is 0 Å². The molecular weight excluding hydrogens is 248 g/mol. The van der Waals surface area contributed by atoms with Crippen molar-refractivity contribution >= 4 is 0 Å². The van der Waals surface area contributed by atoms with E-state index in [1.165, 1.54) is 43.8 Å². The van der Waals surface area contributed by atoms with Crippen molar-refractivity contribution in [2.45, 2.75) is 77.8 Å². The highest BCUT2D eigenvalue weighted by molar-refractivity contribution is 5.12. The largest absolute Gasteiger partial charge is 0.312 e. The first kappa shape index (κ1) is 14.1. The minimum atomic E-state index is 0.368. The van der Waals surface area contributed by atoms with Gasteiger partial charge in [0.15, 0.2) is 0 Å². The molecule has 2 atom stereocenters. The van der Waals surface area contributed by atoms with Gasteiger partial charge in [0.25, 0.3) is 0 Å². The Morgan fingerprint density at radius 3 is 2.80 bits per heavy atom. The Hall–Kier alpha value is -0.900. The Kier molecular flexibility index (Phi) is 3.85. The molecule has 4 heteroatoms. The van der Waals surface area contributed by atoms with Crippen LogP contribution in [-0.4, -0.2) is 21.3 Å². The molecule has 1 aromatic heterocycles. The third kappa shape index (κ3) is 2.39. The Morgan fingerprint density at radius 2 is 2.05 bits per heavy atom. The molecule has 1 aliphatic heterocycles. The van der Waals surface area contributed by atoms with E-state index in [-0.39, 0.29) is 0 Å². The van der Waals surface area contributed by atoms with Gasteiger partial charge in [-0.25, -0.2) is 0 Å². The maximum absolute atomic E-state index is 4.62. The number of hydrogen-bond donors (Lipinski definition) is 1. The molecule has 1 aliphatic carbocycles. The summed E-state index contributed by atoms with van der Waals surface area (Å²) < 4.78 is 2.43. The summed E-state index contributed by atoms with van der Waals surface area (Å²) in [6.45, 7) is 9.13. The number of rotatable bonds is 3. The van der Waals surface area contributed by atoms with Gasteiger partial charge in [0.05, 0.1) is 6.04 Å². The fourth-order valence-electron chi connectivity index (χ4n) is 4.01. The molecule has 0 saturated heterocycles. The monoisotopic (exact) mass is 276 g/mol.